The minimum atomic E-state index is -0.220. The first-order chi connectivity index (χ1) is 19.6. The second-order valence-electron chi connectivity index (χ2n) is 9.70. The fourth-order valence-corrected chi connectivity index (χ4v) is 4.43. The number of H-pyrrole nitrogens is 1. The van der Waals surface area contributed by atoms with Crippen LogP contribution in [0.15, 0.2) is 54.6 Å². The number of carbonyl (C=O) groups excluding carboxylic acids is 1. The Kier molecular flexibility index (Phi) is 11.7. The summed E-state index contributed by atoms with van der Waals surface area (Å²) in [5.74, 6) is 1.31. The molecular formula is C30H38ClN5O4. The number of nitrogens with one attached hydrogen (secondary N) is 2. The van der Waals surface area contributed by atoms with Gasteiger partial charge in [-0.15, -0.1) is 5.10 Å². The van der Waals surface area contributed by atoms with Crippen LogP contribution < -0.4 is 10.1 Å². The van der Waals surface area contributed by atoms with E-state index >= 15 is 0 Å². The number of hydrogen-bond acceptors (Lipinski definition) is 7. The van der Waals surface area contributed by atoms with E-state index in [9.17, 15) is 4.79 Å². The molecule has 4 rings (SSSR count). The van der Waals surface area contributed by atoms with Crippen molar-refractivity contribution < 1.29 is 19.0 Å². The number of aryl methyl sites for hydroxylation is 1. The Morgan fingerprint density at radius 1 is 0.950 bits per heavy atom. The zero-order valence-electron chi connectivity index (χ0n) is 23.0. The van der Waals surface area contributed by atoms with Gasteiger partial charge in [-0.05, 0) is 56.2 Å². The smallest absolute Gasteiger partial charge is 0.307 e. The van der Waals surface area contributed by atoms with Crippen LogP contribution in [0.3, 0.4) is 0 Å². The molecule has 0 fully saturated rings. The molecule has 2 aromatic heterocycles. The zero-order chi connectivity index (χ0) is 28.0. The average Bonchev–Trinajstić information content (AvgIpc) is 3.50. The maximum atomic E-state index is 11.9. The van der Waals surface area contributed by atoms with Crippen molar-refractivity contribution in [1.82, 2.24) is 19.8 Å². The normalized spacial score (nSPS) is 11.2. The molecule has 9 nitrogen and oxygen atoms in total. The number of fused-ring (bicyclic) bond motifs is 1. The summed E-state index contributed by atoms with van der Waals surface area (Å²) >= 11 is 6.24. The lowest BCUT2D eigenvalue weighted by atomic mass is 10.1. The van der Waals surface area contributed by atoms with Crippen LogP contribution in [0.2, 0.25) is 5.02 Å². The van der Waals surface area contributed by atoms with E-state index in [-0.39, 0.29) is 19.5 Å². The van der Waals surface area contributed by atoms with Gasteiger partial charge in [0.15, 0.2) is 18.3 Å². The number of nitrogens with zero attached hydrogens (tertiary/aromatic N) is 3. The number of aromatic amines is 1. The molecule has 4 aromatic rings. The molecule has 10 heteroatoms. The Morgan fingerprint density at radius 2 is 1.65 bits per heavy atom. The highest BCUT2D eigenvalue weighted by molar-refractivity contribution is 6.34. The van der Waals surface area contributed by atoms with E-state index in [4.69, 9.17) is 25.8 Å². The van der Waals surface area contributed by atoms with Crippen LogP contribution in [0.5, 0.6) is 5.75 Å². The van der Waals surface area contributed by atoms with Gasteiger partial charge in [0, 0.05) is 17.7 Å². The molecule has 0 aliphatic heterocycles. The van der Waals surface area contributed by atoms with Gasteiger partial charge in [-0.1, -0.05) is 68.3 Å². The van der Waals surface area contributed by atoms with Crippen LogP contribution in [-0.4, -0.2) is 45.9 Å². The maximum Gasteiger partial charge on any atom is 0.307 e. The van der Waals surface area contributed by atoms with Gasteiger partial charge < -0.3 is 19.5 Å². The van der Waals surface area contributed by atoms with Crippen molar-refractivity contribution >= 4 is 28.9 Å². The van der Waals surface area contributed by atoms with E-state index < -0.39 is 0 Å². The molecule has 0 bridgehead atoms. The van der Waals surface area contributed by atoms with Crippen LogP contribution in [0.1, 0.15) is 63.5 Å². The monoisotopic (exact) mass is 567 g/mol. The number of para-hydroxylation sites is 1. The summed E-state index contributed by atoms with van der Waals surface area (Å²) in [4.78, 5) is 16.4. The molecule has 0 radical (unpaired) electrons. The topological polar surface area (TPSA) is 103 Å². The molecule has 214 valence electrons. The molecule has 40 heavy (non-hydrogen) atoms. The van der Waals surface area contributed by atoms with Gasteiger partial charge in [0.2, 0.25) is 0 Å². The predicted octanol–water partition coefficient (Wildman–Crippen LogP) is 7.16. The van der Waals surface area contributed by atoms with Crippen LogP contribution in [0.4, 0.5) is 5.69 Å². The van der Waals surface area contributed by atoms with Gasteiger partial charge in [-0.25, -0.2) is 4.98 Å². The van der Waals surface area contributed by atoms with Crippen LogP contribution in [0, 0.1) is 6.92 Å². The third-order valence-corrected chi connectivity index (χ3v) is 6.97. The first-order valence-corrected chi connectivity index (χ1v) is 14.3. The highest BCUT2D eigenvalue weighted by Crippen LogP contribution is 2.24. The third-order valence-electron chi connectivity index (χ3n) is 6.52. The SMILES string of the molecule is Cc1[nH]n2nc(-c3ccc(NCOCOC(=O)CCCCCCCCCCOc4ccccc4)cc3)nc2c1Cl. The number of anilines is 1. The Hall–Kier alpha value is -3.56. The summed E-state index contributed by atoms with van der Waals surface area (Å²) in [6.07, 6.45) is 9.40. The van der Waals surface area contributed by atoms with Gasteiger partial charge in [-0.3, -0.25) is 9.89 Å². The number of unbranched alkanes of at least 4 members (excludes halogenated alkanes) is 7. The molecule has 0 saturated heterocycles. The summed E-state index contributed by atoms with van der Waals surface area (Å²) in [5, 5.41) is 11.2. The minimum Gasteiger partial charge on any atom is -0.494 e. The molecule has 2 heterocycles. The van der Waals surface area contributed by atoms with E-state index in [2.05, 4.69) is 20.5 Å². The highest BCUT2D eigenvalue weighted by atomic mass is 35.5. The van der Waals surface area contributed by atoms with Crippen molar-refractivity contribution in [3.05, 3.63) is 65.3 Å². The van der Waals surface area contributed by atoms with Crippen molar-refractivity contribution in [2.24, 2.45) is 0 Å². The van der Waals surface area contributed by atoms with E-state index in [0.717, 1.165) is 55.0 Å². The van der Waals surface area contributed by atoms with Gasteiger partial charge in [0.1, 0.15) is 17.5 Å². The summed E-state index contributed by atoms with van der Waals surface area (Å²) < 4.78 is 17.8. The number of rotatable bonds is 18. The molecule has 0 amide bonds. The zero-order valence-corrected chi connectivity index (χ0v) is 23.8. The predicted molar refractivity (Wildman–Crippen MR) is 157 cm³/mol. The third kappa shape index (κ3) is 9.27. The second-order valence-corrected chi connectivity index (χ2v) is 10.1. The van der Waals surface area contributed by atoms with E-state index in [1.165, 1.54) is 25.7 Å². The molecule has 0 spiro atoms. The molecule has 0 aliphatic rings. The van der Waals surface area contributed by atoms with Crippen LogP contribution in [0.25, 0.3) is 17.0 Å². The average molecular weight is 568 g/mol. The first-order valence-electron chi connectivity index (χ1n) is 14.0. The quantitative estimate of drug-likeness (QED) is 0.0746. The van der Waals surface area contributed by atoms with Crippen molar-refractivity contribution in [2.45, 2.75) is 64.7 Å². The highest BCUT2D eigenvalue weighted by Gasteiger charge is 2.13. The van der Waals surface area contributed by atoms with Gasteiger partial charge in [0.05, 0.1) is 12.3 Å². The molecular weight excluding hydrogens is 530 g/mol. The molecule has 0 aliphatic carbocycles. The standard InChI is InChI=1S/C30H38ClN5O4/c1-23-28(31)30-33-29(35-36(30)34-23)24-16-18-25(19-17-24)32-21-38-22-40-27(37)15-11-6-4-2-3-5-7-12-20-39-26-13-9-8-10-14-26/h8-10,13-14,16-19,32,34H,2-7,11-12,15,20-22H2,1H3. The summed E-state index contributed by atoms with van der Waals surface area (Å²) in [5.41, 5.74) is 3.17. The maximum absolute atomic E-state index is 11.9. The molecule has 2 aromatic carbocycles. The van der Waals surface area contributed by atoms with Crippen LogP contribution in [-0.2, 0) is 14.3 Å². The van der Waals surface area contributed by atoms with Gasteiger partial charge >= 0.3 is 5.97 Å². The second kappa shape index (κ2) is 15.9. The van der Waals surface area contributed by atoms with E-state index in [1.807, 2.05) is 61.5 Å². The van der Waals surface area contributed by atoms with Gasteiger partial charge in [0.25, 0.3) is 0 Å². The number of halogens is 1. The number of ether oxygens (including phenoxy) is 3. The fourth-order valence-electron chi connectivity index (χ4n) is 4.26. The first kappa shape index (κ1) is 29.4. The largest absolute Gasteiger partial charge is 0.494 e. The lowest BCUT2D eigenvalue weighted by molar-refractivity contribution is -0.155. The van der Waals surface area contributed by atoms with Crippen molar-refractivity contribution in [3.8, 4) is 17.1 Å². The minimum absolute atomic E-state index is 0.0667. The fraction of sp³-hybridized carbons (Fsp3) is 0.433. The Bertz CT molecular complexity index is 1310. The Morgan fingerprint density at radius 3 is 2.38 bits per heavy atom. The molecule has 0 atom stereocenters. The molecule has 0 unspecified atom stereocenters. The summed E-state index contributed by atoms with van der Waals surface area (Å²) in [6, 6.07) is 17.6. The van der Waals surface area contributed by atoms with Crippen molar-refractivity contribution in [3.63, 3.8) is 0 Å². The number of hydrogen-bond donors (Lipinski definition) is 2. The summed E-state index contributed by atoms with van der Waals surface area (Å²) in [7, 11) is 0. The molecule has 2 N–H and O–H groups in total. The lowest BCUT2D eigenvalue weighted by Gasteiger charge is -2.09. The van der Waals surface area contributed by atoms with Crippen molar-refractivity contribution in [1.29, 1.82) is 0 Å². The Balaban J connectivity index is 0.961. The number of aromatic nitrogens is 4. The van der Waals surface area contributed by atoms with E-state index in [0.29, 0.717) is 22.9 Å². The number of carbonyl (C=O) groups is 1. The van der Waals surface area contributed by atoms with Gasteiger partial charge in [-0.2, -0.15) is 4.63 Å². The lowest BCUT2D eigenvalue weighted by Crippen LogP contribution is -2.12. The van der Waals surface area contributed by atoms with Crippen molar-refractivity contribution in [2.75, 3.05) is 25.4 Å². The summed E-state index contributed by atoms with van der Waals surface area (Å²) in [6.45, 7) is 2.81. The van der Waals surface area contributed by atoms with Crippen LogP contribution >= 0.6 is 11.6 Å². The molecule has 0 saturated carbocycles. The Labute approximate surface area is 240 Å². The number of benzene rings is 2. The van der Waals surface area contributed by atoms with E-state index in [1.54, 1.807) is 4.63 Å². The number of esters is 1.